The lowest BCUT2D eigenvalue weighted by Gasteiger charge is -2.52. The predicted molar refractivity (Wildman–Crippen MR) is 82.9 cm³/mol. The molecule has 3 rings (SSSR count). The Hall–Kier alpha value is -0.120. The smallest absolute Gasteiger partial charge is 0.0507 e. The van der Waals surface area contributed by atoms with Crippen molar-refractivity contribution >= 4 is 0 Å². The second kappa shape index (κ2) is 5.26. The minimum Gasteiger partial charge on any atom is -0.381 e. The van der Waals surface area contributed by atoms with Gasteiger partial charge in [0.2, 0.25) is 0 Å². The summed E-state index contributed by atoms with van der Waals surface area (Å²) in [5.41, 5.74) is 0.722. The highest BCUT2D eigenvalue weighted by Crippen LogP contribution is 2.45. The molecule has 0 aromatic carbocycles. The van der Waals surface area contributed by atoms with E-state index in [1.807, 2.05) is 0 Å². The summed E-state index contributed by atoms with van der Waals surface area (Å²) in [5, 5.41) is 3.85. The quantitative estimate of drug-likeness (QED) is 0.860. The molecule has 20 heavy (non-hydrogen) atoms. The summed E-state index contributed by atoms with van der Waals surface area (Å²) in [4.78, 5) is 2.82. The molecule has 3 fully saturated rings. The SMILES string of the molecule is CC(C)(C)C1CN(CC2CCOC2)C(C)(C2CC2)CN1. The van der Waals surface area contributed by atoms with Crippen LogP contribution in [0.4, 0.5) is 0 Å². The summed E-state index contributed by atoms with van der Waals surface area (Å²) in [6.07, 6.45) is 4.11. The van der Waals surface area contributed by atoms with Gasteiger partial charge in [-0.3, -0.25) is 4.90 Å². The maximum atomic E-state index is 5.59. The zero-order valence-corrected chi connectivity index (χ0v) is 13.7. The van der Waals surface area contributed by atoms with Gasteiger partial charge in [-0.25, -0.2) is 0 Å². The van der Waals surface area contributed by atoms with Gasteiger partial charge < -0.3 is 10.1 Å². The van der Waals surface area contributed by atoms with E-state index in [-0.39, 0.29) is 0 Å². The van der Waals surface area contributed by atoms with E-state index in [1.54, 1.807) is 0 Å². The van der Waals surface area contributed by atoms with Gasteiger partial charge in [-0.2, -0.15) is 0 Å². The average molecular weight is 280 g/mol. The van der Waals surface area contributed by atoms with Crippen LogP contribution in [0.5, 0.6) is 0 Å². The summed E-state index contributed by atoms with van der Waals surface area (Å²) < 4.78 is 5.59. The fourth-order valence-corrected chi connectivity index (χ4v) is 3.95. The molecule has 0 amide bonds. The number of rotatable bonds is 3. The van der Waals surface area contributed by atoms with E-state index in [9.17, 15) is 0 Å². The standard InChI is InChI=1S/C17H32N2O/c1-16(2,3)15-10-19(9-13-7-8-20-11-13)17(4,12-18-15)14-5-6-14/h13-15,18H,5-12H2,1-4H3. The third-order valence-corrected chi connectivity index (χ3v) is 5.84. The predicted octanol–water partition coefficient (Wildman–Crippen LogP) is 2.51. The third-order valence-electron chi connectivity index (χ3n) is 5.84. The third kappa shape index (κ3) is 2.90. The summed E-state index contributed by atoms with van der Waals surface area (Å²) in [7, 11) is 0. The van der Waals surface area contributed by atoms with Crippen molar-refractivity contribution in [3.63, 3.8) is 0 Å². The van der Waals surface area contributed by atoms with Crippen LogP contribution in [0.1, 0.15) is 47.0 Å². The molecule has 1 N–H and O–H groups in total. The van der Waals surface area contributed by atoms with E-state index in [2.05, 4.69) is 37.9 Å². The first-order valence-corrected chi connectivity index (χ1v) is 8.46. The van der Waals surface area contributed by atoms with Crippen LogP contribution in [0.2, 0.25) is 0 Å². The van der Waals surface area contributed by atoms with Crippen molar-refractivity contribution in [3.05, 3.63) is 0 Å². The lowest BCUT2D eigenvalue weighted by atomic mass is 9.80. The maximum absolute atomic E-state index is 5.59. The highest BCUT2D eigenvalue weighted by atomic mass is 16.5. The van der Waals surface area contributed by atoms with Crippen LogP contribution in [0.15, 0.2) is 0 Å². The van der Waals surface area contributed by atoms with E-state index >= 15 is 0 Å². The van der Waals surface area contributed by atoms with E-state index in [0.29, 0.717) is 17.0 Å². The number of nitrogens with zero attached hydrogens (tertiary/aromatic N) is 1. The number of hydrogen-bond donors (Lipinski definition) is 1. The zero-order chi connectivity index (χ0) is 14.4. The molecular weight excluding hydrogens is 248 g/mol. The summed E-state index contributed by atoms with van der Waals surface area (Å²) >= 11 is 0. The van der Waals surface area contributed by atoms with Gasteiger partial charge in [-0.05, 0) is 43.4 Å². The van der Waals surface area contributed by atoms with Crippen LogP contribution in [0.25, 0.3) is 0 Å². The molecule has 1 aliphatic carbocycles. The van der Waals surface area contributed by atoms with Crippen molar-refractivity contribution in [1.82, 2.24) is 10.2 Å². The number of nitrogens with one attached hydrogen (secondary N) is 1. The van der Waals surface area contributed by atoms with Gasteiger partial charge in [-0.15, -0.1) is 0 Å². The minimum atomic E-state index is 0.343. The van der Waals surface area contributed by atoms with Crippen LogP contribution in [-0.2, 0) is 4.74 Å². The largest absolute Gasteiger partial charge is 0.381 e. The summed E-state index contributed by atoms with van der Waals surface area (Å²) in [6.45, 7) is 15.1. The number of piperazine rings is 1. The van der Waals surface area contributed by atoms with Crippen molar-refractivity contribution < 1.29 is 4.74 Å². The van der Waals surface area contributed by atoms with Gasteiger partial charge in [-0.1, -0.05) is 20.8 Å². The molecule has 0 aromatic rings. The molecule has 3 unspecified atom stereocenters. The highest BCUT2D eigenvalue weighted by Gasteiger charge is 2.49. The van der Waals surface area contributed by atoms with Gasteiger partial charge in [0.1, 0.15) is 0 Å². The van der Waals surface area contributed by atoms with Gasteiger partial charge in [0.15, 0.2) is 0 Å². The van der Waals surface area contributed by atoms with Crippen molar-refractivity contribution in [2.75, 3.05) is 32.8 Å². The minimum absolute atomic E-state index is 0.343. The molecule has 3 nitrogen and oxygen atoms in total. The Labute approximate surface area is 124 Å². The van der Waals surface area contributed by atoms with Crippen LogP contribution < -0.4 is 5.32 Å². The molecule has 3 atom stereocenters. The summed E-state index contributed by atoms with van der Waals surface area (Å²) in [5.74, 6) is 1.67. The normalized spacial score (nSPS) is 40.2. The number of ether oxygens (including phenoxy) is 1. The Kier molecular flexibility index (Phi) is 3.89. The molecule has 116 valence electrons. The molecule has 1 saturated carbocycles. The molecule has 0 spiro atoms. The maximum Gasteiger partial charge on any atom is 0.0507 e. The second-order valence-corrected chi connectivity index (χ2v) is 8.57. The lowest BCUT2D eigenvalue weighted by Crippen LogP contribution is -2.67. The first-order valence-electron chi connectivity index (χ1n) is 8.46. The monoisotopic (exact) mass is 280 g/mol. The Morgan fingerprint density at radius 1 is 1.25 bits per heavy atom. The van der Waals surface area contributed by atoms with E-state index in [1.165, 1.54) is 32.4 Å². The summed E-state index contributed by atoms with van der Waals surface area (Å²) in [6, 6.07) is 0.608. The fourth-order valence-electron chi connectivity index (χ4n) is 3.95. The Morgan fingerprint density at radius 2 is 2.00 bits per heavy atom. The first-order chi connectivity index (χ1) is 9.39. The Balaban J connectivity index is 1.71. The second-order valence-electron chi connectivity index (χ2n) is 8.57. The molecule has 3 heteroatoms. The molecule has 2 aliphatic heterocycles. The zero-order valence-electron chi connectivity index (χ0n) is 13.7. The molecule has 0 aromatic heterocycles. The van der Waals surface area contributed by atoms with E-state index in [0.717, 1.165) is 31.6 Å². The van der Waals surface area contributed by atoms with Crippen molar-refractivity contribution in [2.24, 2.45) is 17.3 Å². The molecule has 2 saturated heterocycles. The molecule has 0 radical (unpaired) electrons. The lowest BCUT2D eigenvalue weighted by molar-refractivity contribution is -0.00126. The van der Waals surface area contributed by atoms with Crippen molar-refractivity contribution in [3.8, 4) is 0 Å². The van der Waals surface area contributed by atoms with Crippen molar-refractivity contribution in [1.29, 1.82) is 0 Å². The van der Waals surface area contributed by atoms with E-state index in [4.69, 9.17) is 4.74 Å². The van der Waals surface area contributed by atoms with Crippen LogP contribution in [-0.4, -0.2) is 49.3 Å². The average Bonchev–Trinajstić information content (AvgIpc) is 3.11. The first kappa shape index (κ1) is 14.8. The topological polar surface area (TPSA) is 24.5 Å². The molecule has 3 aliphatic rings. The van der Waals surface area contributed by atoms with Crippen LogP contribution >= 0.6 is 0 Å². The van der Waals surface area contributed by atoms with Crippen LogP contribution in [0, 0.1) is 17.3 Å². The molecule has 2 heterocycles. The van der Waals surface area contributed by atoms with Gasteiger partial charge in [0.25, 0.3) is 0 Å². The van der Waals surface area contributed by atoms with Crippen molar-refractivity contribution in [2.45, 2.75) is 58.5 Å². The number of hydrogen-bond acceptors (Lipinski definition) is 3. The Bertz CT molecular complexity index is 341. The van der Waals surface area contributed by atoms with E-state index < -0.39 is 0 Å². The fraction of sp³-hybridized carbons (Fsp3) is 1.00. The Morgan fingerprint density at radius 3 is 2.55 bits per heavy atom. The van der Waals surface area contributed by atoms with Crippen LogP contribution in [0.3, 0.4) is 0 Å². The van der Waals surface area contributed by atoms with Gasteiger partial charge in [0, 0.05) is 37.8 Å². The van der Waals surface area contributed by atoms with Gasteiger partial charge >= 0.3 is 0 Å². The highest BCUT2D eigenvalue weighted by molar-refractivity contribution is 5.06. The van der Waals surface area contributed by atoms with Gasteiger partial charge in [0.05, 0.1) is 6.61 Å². The molecular formula is C17H32N2O. The molecule has 0 bridgehead atoms.